The van der Waals surface area contributed by atoms with Gasteiger partial charge in [-0.25, -0.2) is 4.39 Å². The molecular formula is C9H15FO2. The minimum absolute atomic E-state index is 0.0475. The number of rotatable bonds is 2. The Bertz CT molecular complexity index is 170. The van der Waals surface area contributed by atoms with Gasteiger partial charge in [0.05, 0.1) is 5.92 Å². The third kappa shape index (κ3) is 2.19. The average Bonchev–Trinajstić information content (AvgIpc) is 2.03. The molecule has 0 aromatic heterocycles. The van der Waals surface area contributed by atoms with E-state index < -0.39 is 12.1 Å². The Hall–Kier alpha value is -0.600. The van der Waals surface area contributed by atoms with Crippen LogP contribution in [0.25, 0.3) is 0 Å². The molecule has 70 valence electrons. The summed E-state index contributed by atoms with van der Waals surface area (Å²) in [5, 5.41) is 8.70. The highest BCUT2D eigenvalue weighted by Crippen LogP contribution is 2.31. The molecule has 1 rings (SSSR count). The van der Waals surface area contributed by atoms with Crippen molar-refractivity contribution in [2.24, 2.45) is 11.8 Å². The van der Waals surface area contributed by atoms with Crippen molar-refractivity contribution < 1.29 is 14.3 Å². The topological polar surface area (TPSA) is 37.3 Å². The molecule has 0 aliphatic heterocycles. The number of aliphatic carboxylic acids is 1. The third-order valence-electron chi connectivity index (χ3n) is 2.75. The number of carboxylic acids is 1. The first-order valence-electron chi connectivity index (χ1n) is 4.48. The molecule has 0 radical (unpaired) electrons. The van der Waals surface area contributed by atoms with Gasteiger partial charge < -0.3 is 5.11 Å². The number of carbonyl (C=O) groups is 1. The molecule has 1 saturated carbocycles. The normalized spacial score (nSPS) is 32.8. The predicted molar refractivity (Wildman–Crippen MR) is 43.7 cm³/mol. The molecule has 1 N–H and O–H groups in total. The van der Waals surface area contributed by atoms with Crippen molar-refractivity contribution in [3.8, 4) is 0 Å². The summed E-state index contributed by atoms with van der Waals surface area (Å²) in [6.45, 7) is 1.67. The fourth-order valence-electron chi connectivity index (χ4n) is 1.82. The van der Waals surface area contributed by atoms with Crippen LogP contribution in [0.2, 0.25) is 0 Å². The Balaban J connectivity index is 2.45. The Morgan fingerprint density at radius 1 is 1.58 bits per heavy atom. The molecule has 0 spiro atoms. The van der Waals surface area contributed by atoms with Crippen molar-refractivity contribution in [3.05, 3.63) is 0 Å². The molecule has 0 amide bonds. The van der Waals surface area contributed by atoms with Crippen LogP contribution in [0.4, 0.5) is 4.39 Å². The van der Waals surface area contributed by atoms with E-state index in [2.05, 4.69) is 0 Å². The fraction of sp³-hybridized carbons (Fsp3) is 0.889. The molecule has 0 aromatic carbocycles. The molecule has 1 aliphatic rings. The lowest BCUT2D eigenvalue weighted by molar-refractivity contribution is -0.143. The van der Waals surface area contributed by atoms with Crippen molar-refractivity contribution in [1.29, 1.82) is 0 Å². The zero-order valence-corrected chi connectivity index (χ0v) is 7.29. The minimum atomic E-state index is -0.797. The molecule has 3 heteroatoms. The largest absolute Gasteiger partial charge is 0.481 e. The van der Waals surface area contributed by atoms with E-state index >= 15 is 0 Å². The summed E-state index contributed by atoms with van der Waals surface area (Å²) in [6.07, 6.45) is 1.98. The monoisotopic (exact) mass is 174 g/mol. The second-order valence-electron chi connectivity index (χ2n) is 3.65. The minimum Gasteiger partial charge on any atom is -0.481 e. The Morgan fingerprint density at radius 2 is 2.25 bits per heavy atom. The lowest BCUT2D eigenvalue weighted by Gasteiger charge is -2.27. The van der Waals surface area contributed by atoms with Gasteiger partial charge >= 0.3 is 5.97 Å². The molecule has 3 unspecified atom stereocenters. The van der Waals surface area contributed by atoms with Crippen molar-refractivity contribution in [1.82, 2.24) is 0 Å². The first-order valence-corrected chi connectivity index (χ1v) is 4.48. The molecule has 3 atom stereocenters. The lowest BCUT2D eigenvalue weighted by Crippen LogP contribution is -2.26. The summed E-state index contributed by atoms with van der Waals surface area (Å²) in [7, 11) is 0. The lowest BCUT2D eigenvalue weighted by atomic mass is 9.80. The van der Waals surface area contributed by atoms with E-state index in [0.29, 0.717) is 12.8 Å². The van der Waals surface area contributed by atoms with Crippen molar-refractivity contribution in [2.45, 2.75) is 38.8 Å². The van der Waals surface area contributed by atoms with Gasteiger partial charge in [-0.3, -0.25) is 4.79 Å². The zero-order valence-electron chi connectivity index (χ0n) is 7.29. The summed E-state index contributed by atoms with van der Waals surface area (Å²) >= 11 is 0. The Morgan fingerprint density at radius 3 is 2.75 bits per heavy atom. The van der Waals surface area contributed by atoms with E-state index in [1.807, 2.05) is 0 Å². The van der Waals surface area contributed by atoms with Crippen LogP contribution in [0.5, 0.6) is 0 Å². The summed E-state index contributed by atoms with van der Waals surface area (Å²) < 4.78 is 12.9. The van der Waals surface area contributed by atoms with Crippen LogP contribution in [-0.2, 0) is 4.79 Å². The molecule has 1 fully saturated rings. The van der Waals surface area contributed by atoms with Gasteiger partial charge in [-0.15, -0.1) is 0 Å². The predicted octanol–water partition coefficient (Wildman–Crippen LogP) is 2.24. The first-order chi connectivity index (χ1) is 5.61. The Kier molecular flexibility index (Phi) is 3.06. The van der Waals surface area contributed by atoms with Crippen LogP contribution >= 0.6 is 0 Å². The van der Waals surface area contributed by atoms with Crippen LogP contribution in [0, 0.1) is 11.8 Å². The maximum absolute atomic E-state index is 12.9. The van der Waals surface area contributed by atoms with Crippen LogP contribution in [0.1, 0.15) is 32.6 Å². The smallest absolute Gasteiger partial charge is 0.306 e. The van der Waals surface area contributed by atoms with Gasteiger partial charge in [-0.1, -0.05) is 13.3 Å². The third-order valence-corrected chi connectivity index (χ3v) is 2.75. The highest BCUT2D eigenvalue weighted by Gasteiger charge is 2.29. The van der Waals surface area contributed by atoms with E-state index in [9.17, 15) is 9.18 Å². The van der Waals surface area contributed by atoms with Gasteiger partial charge in [-0.2, -0.15) is 0 Å². The number of hydrogen-bond donors (Lipinski definition) is 1. The maximum atomic E-state index is 12.9. The highest BCUT2D eigenvalue weighted by atomic mass is 19.1. The molecule has 0 saturated heterocycles. The molecule has 0 bridgehead atoms. The van der Waals surface area contributed by atoms with Gasteiger partial charge in [0.15, 0.2) is 0 Å². The summed E-state index contributed by atoms with van der Waals surface area (Å²) in [5.41, 5.74) is 0. The van der Waals surface area contributed by atoms with Gasteiger partial charge in [0.2, 0.25) is 0 Å². The second kappa shape index (κ2) is 3.87. The van der Waals surface area contributed by atoms with Gasteiger partial charge in [0.25, 0.3) is 0 Å². The quantitative estimate of drug-likeness (QED) is 0.697. The SMILES string of the molecule is CC(C(=O)O)C1CCCC(F)C1. The van der Waals surface area contributed by atoms with E-state index in [-0.39, 0.29) is 11.8 Å². The van der Waals surface area contributed by atoms with Crippen LogP contribution in [0.15, 0.2) is 0 Å². The van der Waals surface area contributed by atoms with Gasteiger partial charge in [-0.05, 0) is 25.2 Å². The van der Waals surface area contributed by atoms with E-state index in [4.69, 9.17) is 5.11 Å². The number of alkyl halides is 1. The molecule has 0 aromatic rings. The summed E-state index contributed by atoms with van der Waals surface area (Å²) in [4.78, 5) is 10.6. The number of carboxylic acid groups (broad SMARTS) is 1. The van der Waals surface area contributed by atoms with Crippen molar-refractivity contribution in [2.75, 3.05) is 0 Å². The molecule has 1 aliphatic carbocycles. The first kappa shape index (κ1) is 9.49. The van der Waals surface area contributed by atoms with Crippen molar-refractivity contribution in [3.63, 3.8) is 0 Å². The van der Waals surface area contributed by atoms with E-state index in [1.165, 1.54) is 0 Å². The molecule has 2 nitrogen and oxygen atoms in total. The van der Waals surface area contributed by atoms with E-state index in [0.717, 1.165) is 12.8 Å². The molecular weight excluding hydrogens is 159 g/mol. The molecule has 12 heavy (non-hydrogen) atoms. The van der Waals surface area contributed by atoms with Gasteiger partial charge in [0, 0.05) is 0 Å². The van der Waals surface area contributed by atoms with Crippen molar-refractivity contribution >= 4 is 5.97 Å². The molecule has 0 heterocycles. The average molecular weight is 174 g/mol. The van der Waals surface area contributed by atoms with Gasteiger partial charge in [0.1, 0.15) is 6.17 Å². The number of hydrogen-bond acceptors (Lipinski definition) is 1. The summed E-state index contributed by atoms with van der Waals surface area (Å²) in [5.74, 6) is -1.14. The van der Waals surface area contributed by atoms with E-state index in [1.54, 1.807) is 6.92 Å². The highest BCUT2D eigenvalue weighted by molar-refractivity contribution is 5.69. The second-order valence-corrected chi connectivity index (χ2v) is 3.65. The number of halogens is 1. The maximum Gasteiger partial charge on any atom is 0.306 e. The van der Waals surface area contributed by atoms with Crippen LogP contribution in [-0.4, -0.2) is 17.2 Å². The summed E-state index contributed by atoms with van der Waals surface area (Å²) in [6, 6.07) is 0. The van der Waals surface area contributed by atoms with Crippen LogP contribution in [0.3, 0.4) is 0 Å². The standard InChI is InChI=1S/C9H15FO2/c1-6(9(11)12)7-3-2-4-8(10)5-7/h6-8H,2-5H2,1H3,(H,11,12). The zero-order chi connectivity index (χ0) is 9.14. The Labute approximate surface area is 71.8 Å². The van der Waals surface area contributed by atoms with Crippen LogP contribution < -0.4 is 0 Å². The fourth-order valence-corrected chi connectivity index (χ4v) is 1.82.